The first-order valence-electron chi connectivity index (χ1n) is 8.47. The fourth-order valence-electron chi connectivity index (χ4n) is 2.93. The van der Waals surface area contributed by atoms with Crippen LogP contribution >= 0.6 is 11.8 Å². The van der Waals surface area contributed by atoms with Gasteiger partial charge in [0.05, 0.1) is 5.69 Å². The molecule has 28 heavy (non-hydrogen) atoms. The molecule has 7 nitrogen and oxygen atoms in total. The highest BCUT2D eigenvalue weighted by Crippen LogP contribution is 2.35. The van der Waals surface area contributed by atoms with E-state index in [-0.39, 0.29) is 25.0 Å². The van der Waals surface area contributed by atoms with E-state index in [9.17, 15) is 14.0 Å². The molecular weight excluding hydrogens is 385 g/mol. The molecule has 2 aromatic rings. The van der Waals surface area contributed by atoms with Crippen molar-refractivity contribution in [3.63, 3.8) is 0 Å². The number of ether oxygens (including phenoxy) is 2. The fourth-order valence-corrected chi connectivity index (χ4v) is 3.91. The Morgan fingerprint density at radius 2 is 1.93 bits per heavy atom. The van der Waals surface area contributed by atoms with Crippen molar-refractivity contribution in [2.45, 2.75) is 11.7 Å². The van der Waals surface area contributed by atoms with E-state index in [0.717, 1.165) is 10.6 Å². The fraction of sp³-hybridized carbons (Fsp3) is 0.211. The summed E-state index contributed by atoms with van der Waals surface area (Å²) in [6.45, 7) is 0.181. The predicted molar refractivity (Wildman–Crippen MR) is 104 cm³/mol. The maximum absolute atomic E-state index is 13.1. The zero-order chi connectivity index (χ0) is 19.7. The lowest BCUT2D eigenvalue weighted by Gasteiger charge is -2.15. The molecule has 1 saturated heterocycles. The van der Waals surface area contributed by atoms with Gasteiger partial charge in [0, 0.05) is 25.2 Å². The van der Waals surface area contributed by atoms with E-state index in [1.807, 2.05) is 6.07 Å². The van der Waals surface area contributed by atoms with Crippen molar-refractivity contribution in [1.29, 1.82) is 0 Å². The third kappa shape index (κ3) is 3.53. The van der Waals surface area contributed by atoms with Gasteiger partial charge in [-0.2, -0.15) is 0 Å². The summed E-state index contributed by atoms with van der Waals surface area (Å²) in [6.07, 6.45) is 0.0444. The maximum atomic E-state index is 13.1. The minimum Gasteiger partial charge on any atom is -0.454 e. The lowest BCUT2D eigenvalue weighted by atomic mass is 10.3. The molecule has 2 aromatic carbocycles. The van der Waals surface area contributed by atoms with Gasteiger partial charge in [0.2, 0.25) is 18.6 Å². The molecule has 1 fully saturated rings. The molecule has 0 radical (unpaired) electrons. The normalized spacial score (nSPS) is 18.7. The number of thioether (sulfide) groups is 1. The second kappa shape index (κ2) is 7.51. The van der Waals surface area contributed by atoms with Gasteiger partial charge in [-0.15, -0.1) is 0 Å². The summed E-state index contributed by atoms with van der Waals surface area (Å²) in [7, 11) is 1.60. The molecule has 0 unspecified atom stereocenters. The molecule has 9 heteroatoms. The number of fused-ring (bicyclic) bond motifs is 1. The van der Waals surface area contributed by atoms with Crippen LogP contribution in [0, 0.1) is 5.82 Å². The minimum atomic E-state index is -0.613. The number of imide groups is 1. The lowest BCUT2D eigenvalue weighted by molar-refractivity contribution is -0.121. The number of hydrogen-bond acceptors (Lipinski definition) is 6. The van der Waals surface area contributed by atoms with Crippen LogP contribution in [0.1, 0.15) is 6.42 Å². The first-order valence-corrected chi connectivity index (χ1v) is 9.35. The second-order valence-electron chi connectivity index (χ2n) is 6.08. The Kier molecular flexibility index (Phi) is 4.91. The smallest absolute Gasteiger partial charge is 0.247 e. The predicted octanol–water partition coefficient (Wildman–Crippen LogP) is 3.02. The minimum absolute atomic E-state index is 0.0444. The van der Waals surface area contributed by atoms with Crippen LogP contribution in [0.25, 0.3) is 0 Å². The summed E-state index contributed by atoms with van der Waals surface area (Å²) in [5, 5.41) is 3.01. The molecule has 4 rings (SSSR count). The van der Waals surface area contributed by atoms with Crippen molar-refractivity contribution in [3.8, 4) is 11.5 Å². The van der Waals surface area contributed by atoms with Crippen LogP contribution < -0.4 is 19.7 Å². The maximum Gasteiger partial charge on any atom is 0.247 e. The van der Waals surface area contributed by atoms with Crippen LogP contribution in [0.15, 0.2) is 47.5 Å². The Hall–Kier alpha value is -3.07. The van der Waals surface area contributed by atoms with Crippen molar-refractivity contribution in [3.05, 3.63) is 48.3 Å². The number of carbonyl (C=O) groups is 2. The van der Waals surface area contributed by atoms with Gasteiger partial charge in [-0.25, -0.2) is 9.29 Å². The summed E-state index contributed by atoms with van der Waals surface area (Å²) < 4.78 is 23.8. The monoisotopic (exact) mass is 401 g/mol. The average Bonchev–Trinajstić information content (AvgIpc) is 3.26. The number of hydrogen-bond donors (Lipinski definition) is 1. The Morgan fingerprint density at radius 3 is 2.68 bits per heavy atom. The molecule has 144 valence electrons. The van der Waals surface area contributed by atoms with Crippen molar-refractivity contribution in [2.75, 3.05) is 24.1 Å². The number of nitrogens with zero attached hydrogens (tertiary/aromatic N) is 2. The molecule has 0 aromatic heterocycles. The van der Waals surface area contributed by atoms with E-state index >= 15 is 0 Å². The quantitative estimate of drug-likeness (QED) is 0.484. The Balaban J connectivity index is 1.46. The number of carbonyl (C=O) groups excluding carboxylic acids is 2. The van der Waals surface area contributed by atoms with Crippen LogP contribution in [0.3, 0.4) is 0 Å². The number of amidine groups is 1. The number of anilines is 2. The summed E-state index contributed by atoms with van der Waals surface area (Å²) in [5.41, 5.74) is 1.09. The SMILES string of the molecule is CN=C(Nc1ccc2c(c1)OCO2)S[C@@H]1CC(=O)N(c2ccc(F)cc2)C1=O. The van der Waals surface area contributed by atoms with Crippen molar-refractivity contribution >= 4 is 40.1 Å². The standard InChI is InChI=1S/C19H16FN3O4S/c1-21-19(22-12-4-7-14-15(8-12)27-10-26-14)28-16-9-17(24)23(18(16)25)13-5-2-11(20)3-6-13/h2-8,16H,9-10H2,1H3,(H,21,22)/t16-/m1/s1. The summed E-state index contributed by atoms with van der Waals surface area (Å²) in [6, 6.07) is 10.6. The number of aliphatic imine (C=N–C) groups is 1. The van der Waals surface area contributed by atoms with E-state index in [2.05, 4.69) is 10.3 Å². The molecule has 0 aliphatic carbocycles. The third-order valence-corrected chi connectivity index (χ3v) is 5.43. The Morgan fingerprint density at radius 1 is 1.18 bits per heavy atom. The molecule has 2 aliphatic rings. The van der Waals surface area contributed by atoms with Gasteiger partial charge in [-0.05, 0) is 36.4 Å². The molecule has 1 N–H and O–H groups in total. The highest BCUT2D eigenvalue weighted by molar-refractivity contribution is 8.15. The van der Waals surface area contributed by atoms with Gasteiger partial charge in [-0.3, -0.25) is 14.6 Å². The molecule has 0 bridgehead atoms. The van der Waals surface area contributed by atoms with E-state index in [4.69, 9.17) is 9.47 Å². The van der Waals surface area contributed by atoms with Crippen LogP contribution in [0.2, 0.25) is 0 Å². The zero-order valence-corrected chi connectivity index (χ0v) is 15.7. The molecule has 2 amide bonds. The van der Waals surface area contributed by atoms with Crippen molar-refractivity contribution in [2.24, 2.45) is 4.99 Å². The molecule has 2 aliphatic heterocycles. The van der Waals surface area contributed by atoms with E-state index < -0.39 is 11.1 Å². The zero-order valence-electron chi connectivity index (χ0n) is 14.8. The van der Waals surface area contributed by atoms with Crippen molar-refractivity contribution in [1.82, 2.24) is 0 Å². The number of benzene rings is 2. The van der Waals surface area contributed by atoms with Gasteiger partial charge in [0.1, 0.15) is 11.1 Å². The van der Waals surface area contributed by atoms with Crippen molar-refractivity contribution < 1.29 is 23.5 Å². The van der Waals surface area contributed by atoms with Gasteiger partial charge in [0.25, 0.3) is 0 Å². The van der Waals surface area contributed by atoms with Crippen LogP contribution in [0.4, 0.5) is 15.8 Å². The number of halogens is 1. The van der Waals surface area contributed by atoms with Crippen LogP contribution in [0.5, 0.6) is 11.5 Å². The average molecular weight is 401 g/mol. The molecular formula is C19H16FN3O4S. The van der Waals surface area contributed by atoms with Gasteiger partial charge >= 0.3 is 0 Å². The number of amides is 2. The largest absolute Gasteiger partial charge is 0.454 e. The first-order chi connectivity index (χ1) is 13.5. The van der Waals surface area contributed by atoms with Gasteiger partial charge in [0.15, 0.2) is 16.7 Å². The molecule has 1 atom stereocenters. The highest BCUT2D eigenvalue weighted by atomic mass is 32.2. The first kappa shape index (κ1) is 18.3. The molecule has 0 spiro atoms. The summed E-state index contributed by atoms with van der Waals surface area (Å²) in [5.74, 6) is 0.185. The topological polar surface area (TPSA) is 80.2 Å². The Bertz CT molecular complexity index is 964. The number of nitrogens with one attached hydrogen (secondary N) is 1. The highest BCUT2D eigenvalue weighted by Gasteiger charge is 2.40. The van der Waals surface area contributed by atoms with E-state index in [0.29, 0.717) is 22.4 Å². The van der Waals surface area contributed by atoms with Gasteiger partial charge in [-0.1, -0.05) is 11.8 Å². The van der Waals surface area contributed by atoms with Crippen LogP contribution in [-0.4, -0.2) is 36.1 Å². The molecule has 0 saturated carbocycles. The van der Waals surface area contributed by atoms with E-state index in [1.165, 1.54) is 36.0 Å². The number of rotatable bonds is 3. The lowest BCUT2D eigenvalue weighted by Crippen LogP contribution is -2.31. The molecule has 2 heterocycles. The van der Waals surface area contributed by atoms with Crippen LogP contribution in [-0.2, 0) is 9.59 Å². The third-order valence-electron chi connectivity index (χ3n) is 4.27. The Labute approximate surface area is 164 Å². The summed E-state index contributed by atoms with van der Waals surface area (Å²) in [4.78, 5) is 30.3. The van der Waals surface area contributed by atoms with E-state index in [1.54, 1.807) is 19.2 Å². The van der Waals surface area contributed by atoms with Gasteiger partial charge < -0.3 is 14.8 Å². The second-order valence-corrected chi connectivity index (χ2v) is 7.27. The summed E-state index contributed by atoms with van der Waals surface area (Å²) >= 11 is 1.17.